The standard InChI is InChI=1S/C17H20N4O2S/c22-21(23)15-16(20-13-8-4-1-2-5-9-13)18-12-19-17(15)24-14-10-6-3-7-11-14/h3,6-7,10-13H,1-2,4-5,8-9H2,(H,18,19,20). The van der Waals surface area contributed by atoms with Crippen molar-refractivity contribution in [2.45, 2.75) is 54.5 Å². The van der Waals surface area contributed by atoms with Crippen molar-refractivity contribution in [1.82, 2.24) is 9.97 Å². The second-order valence-electron chi connectivity index (χ2n) is 5.88. The van der Waals surface area contributed by atoms with Gasteiger partial charge in [-0.25, -0.2) is 9.97 Å². The molecule has 0 atom stereocenters. The molecule has 1 saturated carbocycles. The summed E-state index contributed by atoms with van der Waals surface area (Å²) >= 11 is 1.29. The van der Waals surface area contributed by atoms with E-state index in [-0.39, 0.29) is 16.7 Å². The van der Waals surface area contributed by atoms with E-state index in [1.807, 2.05) is 30.3 Å². The summed E-state index contributed by atoms with van der Waals surface area (Å²) in [7, 11) is 0. The van der Waals surface area contributed by atoms with E-state index in [2.05, 4.69) is 15.3 Å². The summed E-state index contributed by atoms with van der Waals surface area (Å²) in [6, 6.07) is 9.79. The molecule has 0 saturated heterocycles. The van der Waals surface area contributed by atoms with Gasteiger partial charge in [0.25, 0.3) is 0 Å². The fraction of sp³-hybridized carbons (Fsp3) is 0.412. The first-order valence-corrected chi connectivity index (χ1v) is 9.04. The lowest BCUT2D eigenvalue weighted by atomic mass is 10.1. The minimum Gasteiger partial charge on any atom is -0.361 e. The summed E-state index contributed by atoms with van der Waals surface area (Å²) in [6.07, 6.45) is 8.24. The van der Waals surface area contributed by atoms with Gasteiger partial charge in [0.1, 0.15) is 6.33 Å². The van der Waals surface area contributed by atoms with E-state index >= 15 is 0 Å². The third kappa shape index (κ3) is 4.23. The molecule has 1 aliphatic carbocycles. The Hall–Kier alpha value is -2.15. The Morgan fingerprint density at radius 2 is 1.79 bits per heavy atom. The van der Waals surface area contributed by atoms with Crippen LogP contribution >= 0.6 is 11.8 Å². The maximum atomic E-state index is 11.6. The average molecular weight is 344 g/mol. The zero-order valence-corrected chi connectivity index (χ0v) is 14.2. The van der Waals surface area contributed by atoms with Crippen molar-refractivity contribution in [3.8, 4) is 0 Å². The number of hydrogen-bond acceptors (Lipinski definition) is 6. The van der Waals surface area contributed by atoms with Gasteiger partial charge in [0.05, 0.1) is 4.92 Å². The third-order valence-corrected chi connectivity index (χ3v) is 5.12. The van der Waals surface area contributed by atoms with E-state index in [9.17, 15) is 10.1 Å². The van der Waals surface area contributed by atoms with Crippen molar-refractivity contribution in [1.29, 1.82) is 0 Å². The molecule has 24 heavy (non-hydrogen) atoms. The van der Waals surface area contributed by atoms with Crippen molar-refractivity contribution in [2.75, 3.05) is 5.32 Å². The van der Waals surface area contributed by atoms with Crippen molar-refractivity contribution in [2.24, 2.45) is 0 Å². The fourth-order valence-corrected chi connectivity index (χ4v) is 3.81. The van der Waals surface area contributed by atoms with Gasteiger partial charge in [-0.15, -0.1) is 0 Å². The SMILES string of the molecule is O=[N+]([O-])c1c(NC2CCCCCC2)ncnc1Sc1ccccc1. The van der Waals surface area contributed by atoms with Crippen LogP contribution in [0.1, 0.15) is 38.5 Å². The largest absolute Gasteiger partial charge is 0.361 e. The van der Waals surface area contributed by atoms with Gasteiger partial charge in [0.15, 0.2) is 5.03 Å². The molecule has 126 valence electrons. The smallest absolute Gasteiger partial charge is 0.343 e. The van der Waals surface area contributed by atoms with Crippen LogP contribution in [0.15, 0.2) is 46.6 Å². The molecule has 0 aliphatic heterocycles. The predicted octanol–water partition coefficient (Wildman–Crippen LogP) is 4.67. The molecule has 1 aromatic carbocycles. The second kappa shape index (κ2) is 8.10. The monoisotopic (exact) mass is 344 g/mol. The van der Waals surface area contributed by atoms with Crippen molar-refractivity contribution < 1.29 is 4.92 Å². The van der Waals surface area contributed by atoms with Crippen LogP contribution in [0.2, 0.25) is 0 Å². The van der Waals surface area contributed by atoms with Crippen molar-refractivity contribution in [3.05, 3.63) is 46.8 Å². The Morgan fingerprint density at radius 1 is 1.08 bits per heavy atom. The first-order chi connectivity index (χ1) is 11.7. The Labute approximate surface area is 145 Å². The Morgan fingerprint density at radius 3 is 2.46 bits per heavy atom. The number of hydrogen-bond donors (Lipinski definition) is 1. The highest BCUT2D eigenvalue weighted by Crippen LogP contribution is 2.37. The van der Waals surface area contributed by atoms with Gasteiger partial charge in [-0.2, -0.15) is 0 Å². The lowest BCUT2D eigenvalue weighted by Gasteiger charge is -2.17. The molecule has 0 bridgehead atoms. The number of aromatic nitrogens is 2. The van der Waals surface area contributed by atoms with Crippen LogP contribution < -0.4 is 5.32 Å². The minimum atomic E-state index is -0.385. The summed E-state index contributed by atoms with van der Waals surface area (Å²) in [6.45, 7) is 0. The molecule has 6 nitrogen and oxygen atoms in total. The van der Waals surface area contributed by atoms with E-state index in [0.717, 1.165) is 30.6 Å². The molecule has 1 N–H and O–H groups in total. The zero-order chi connectivity index (χ0) is 16.8. The van der Waals surface area contributed by atoms with Crippen molar-refractivity contribution >= 4 is 23.3 Å². The average Bonchev–Trinajstić information content (AvgIpc) is 2.84. The normalized spacial score (nSPS) is 15.7. The van der Waals surface area contributed by atoms with Crippen LogP contribution in [0, 0.1) is 10.1 Å². The highest BCUT2D eigenvalue weighted by molar-refractivity contribution is 7.99. The number of nitrogens with zero attached hydrogens (tertiary/aromatic N) is 3. The number of anilines is 1. The summed E-state index contributed by atoms with van der Waals surface area (Å²) in [5.41, 5.74) is -0.0319. The van der Waals surface area contributed by atoms with Gasteiger partial charge in [-0.05, 0) is 25.0 Å². The molecule has 7 heteroatoms. The third-order valence-electron chi connectivity index (χ3n) is 4.13. The molecule has 1 aromatic heterocycles. The molecule has 0 amide bonds. The predicted molar refractivity (Wildman–Crippen MR) is 94.4 cm³/mol. The van der Waals surface area contributed by atoms with Gasteiger partial charge in [-0.3, -0.25) is 10.1 Å². The topological polar surface area (TPSA) is 81.0 Å². The fourth-order valence-electron chi connectivity index (χ4n) is 2.92. The van der Waals surface area contributed by atoms with E-state index in [1.54, 1.807) is 0 Å². The quantitative estimate of drug-likeness (QED) is 0.367. The van der Waals surface area contributed by atoms with Crippen molar-refractivity contribution in [3.63, 3.8) is 0 Å². The van der Waals surface area contributed by atoms with Gasteiger partial charge in [0.2, 0.25) is 5.82 Å². The second-order valence-corrected chi connectivity index (χ2v) is 6.94. The van der Waals surface area contributed by atoms with Gasteiger partial charge in [0, 0.05) is 10.9 Å². The number of benzene rings is 1. The first kappa shape index (κ1) is 16.7. The first-order valence-electron chi connectivity index (χ1n) is 8.23. The molecule has 3 rings (SSSR count). The Bertz CT molecular complexity index is 688. The van der Waals surface area contributed by atoms with E-state index in [4.69, 9.17) is 0 Å². The van der Waals surface area contributed by atoms with Crippen LogP contribution in [0.4, 0.5) is 11.5 Å². The highest BCUT2D eigenvalue weighted by atomic mass is 32.2. The molecule has 2 aromatic rings. The molecule has 0 unspecified atom stereocenters. The maximum Gasteiger partial charge on any atom is 0.343 e. The molecular formula is C17H20N4O2S. The van der Waals surface area contributed by atoms with E-state index in [0.29, 0.717) is 10.8 Å². The molecule has 1 heterocycles. The van der Waals surface area contributed by atoms with E-state index in [1.165, 1.54) is 30.9 Å². The molecule has 0 spiro atoms. The van der Waals surface area contributed by atoms with Crippen LogP contribution in [0.5, 0.6) is 0 Å². The van der Waals surface area contributed by atoms with Crippen LogP contribution in [0.3, 0.4) is 0 Å². The lowest BCUT2D eigenvalue weighted by Crippen LogP contribution is -2.20. The maximum absolute atomic E-state index is 11.6. The summed E-state index contributed by atoms with van der Waals surface area (Å²) < 4.78 is 0. The molecular weight excluding hydrogens is 324 g/mol. The molecule has 1 fully saturated rings. The lowest BCUT2D eigenvalue weighted by molar-refractivity contribution is -0.387. The molecule has 1 aliphatic rings. The van der Waals surface area contributed by atoms with Crippen LogP contribution in [0.25, 0.3) is 0 Å². The van der Waals surface area contributed by atoms with Gasteiger partial charge >= 0.3 is 5.69 Å². The minimum absolute atomic E-state index is 0.0319. The Kier molecular flexibility index (Phi) is 5.63. The van der Waals surface area contributed by atoms with Gasteiger partial charge < -0.3 is 5.32 Å². The van der Waals surface area contributed by atoms with Gasteiger partial charge in [-0.1, -0.05) is 55.6 Å². The Balaban J connectivity index is 1.86. The number of nitro groups is 1. The zero-order valence-electron chi connectivity index (χ0n) is 13.4. The number of rotatable bonds is 5. The highest BCUT2D eigenvalue weighted by Gasteiger charge is 2.25. The summed E-state index contributed by atoms with van der Waals surface area (Å²) in [5, 5.41) is 15.3. The van der Waals surface area contributed by atoms with Crippen LogP contribution in [-0.4, -0.2) is 20.9 Å². The van der Waals surface area contributed by atoms with E-state index < -0.39 is 0 Å². The summed E-state index contributed by atoms with van der Waals surface area (Å²) in [4.78, 5) is 20.4. The number of nitrogens with one attached hydrogen (secondary N) is 1. The van der Waals surface area contributed by atoms with Crippen LogP contribution in [-0.2, 0) is 0 Å². The summed E-state index contributed by atoms with van der Waals surface area (Å²) in [5.74, 6) is 0.334. The molecule has 0 radical (unpaired) electrons.